The summed E-state index contributed by atoms with van der Waals surface area (Å²) in [4.78, 5) is 4.35. The van der Waals surface area contributed by atoms with Gasteiger partial charge in [-0.3, -0.25) is 4.98 Å². The van der Waals surface area contributed by atoms with Crippen molar-refractivity contribution in [2.75, 3.05) is 0 Å². The van der Waals surface area contributed by atoms with Crippen molar-refractivity contribution < 1.29 is 14.0 Å². The van der Waals surface area contributed by atoms with Crippen LogP contribution in [0.15, 0.2) is 12.3 Å². The van der Waals surface area contributed by atoms with E-state index < -0.39 is 7.12 Å². The normalized spacial score (nSPS) is 23.9. The van der Waals surface area contributed by atoms with E-state index in [0.717, 1.165) is 27.8 Å². The summed E-state index contributed by atoms with van der Waals surface area (Å²) in [5.41, 5.74) is 0.186. The fourth-order valence-corrected chi connectivity index (χ4v) is 2.46. The maximum atomic E-state index is 6.09. The van der Waals surface area contributed by atoms with Gasteiger partial charge in [0.05, 0.1) is 17.3 Å². The molecule has 2 fully saturated rings. The highest BCUT2D eigenvalue weighted by Gasteiger charge is 2.52. The molecule has 2 heterocycles. The summed E-state index contributed by atoms with van der Waals surface area (Å²) in [6.45, 7) is 8.20. The fraction of sp³-hybridized carbons (Fsp3) is 0.643. The third kappa shape index (κ3) is 2.70. The van der Waals surface area contributed by atoms with Gasteiger partial charge >= 0.3 is 7.12 Å². The van der Waals surface area contributed by atoms with Gasteiger partial charge in [-0.25, -0.2) is 0 Å². The van der Waals surface area contributed by atoms with Crippen molar-refractivity contribution in [3.8, 4) is 5.75 Å². The van der Waals surface area contributed by atoms with Crippen LogP contribution in [0.25, 0.3) is 0 Å². The predicted octanol–water partition coefficient (Wildman–Crippen LogP) is 2.53. The highest BCUT2D eigenvalue weighted by Crippen LogP contribution is 2.37. The lowest BCUT2D eigenvalue weighted by Gasteiger charge is -2.32. The number of nitrogens with zero attached hydrogens (tertiary/aromatic N) is 1. The average molecular weight is 387 g/mol. The molecule has 6 heteroatoms. The molecule has 0 bridgehead atoms. The van der Waals surface area contributed by atoms with Gasteiger partial charge in [-0.2, -0.15) is 0 Å². The Morgan fingerprint density at radius 2 is 1.85 bits per heavy atom. The molecule has 0 aromatic carbocycles. The van der Waals surface area contributed by atoms with Gasteiger partial charge in [0.15, 0.2) is 0 Å². The Balaban J connectivity index is 1.90. The number of hydrogen-bond donors (Lipinski definition) is 0. The van der Waals surface area contributed by atoms with E-state index in [9.17, 15) is 0 Å². The Bertz CT molecular complexity index is 515. The molecule has 20 heavy (non-hydrogen) atoms. The van der Waals surface area contributed by atoms with Gasteiger partial charge in [-0.05, 0) is 63.1 Å². The first-order chi connectivity index (χ1) is 9.28. The van der Waals surface area contributed by atoms with Gasteiger partial charge in [0.2, 0.25) is 0 Å². The lowest BCUT2D eigenvalue weighted by Crippen LogP contribution is -2.41. The molecule has 0 atom stereocenters. The molecular weight excluding hydrogens is 368 g/mol. The van der Waals surface area contributed by atoms with Crippen molar-refractivity contribution in [1.82, 2.24) is 4.98 Å². The molecule has 1 aliphatic heterocycles. The fourth-order valence-electron chi connectivity index (χ4n) is 2.04. The predicted molar refractivity (Wildman–Crippen MR) is 86.3 cm³/mol. The standard InChI is InChI=1S/C14H19BINO3/c1-13(2)14(3,4)20-15(19-13)10-8-17-12(16)7-11(10)18-9-5-6-9/h7-9H,5-6H2,1-4H3. The SMILES string of the molecule is CC1(C)OB(c2cnc(I)cc2OC2CC2)OC1(C)C. The zero-order valence-electron chi connectivity index (χ0n) is 12.3. The van der Waals surface area contributed by atoms with E-state index in [1.807, 2.05) is 12.3 Å². The minimum Gasteiger partial charge on any atom is -0.491 e. The number of ether oxygens (including phenoxy) is 1. The van der Waals surface area contributed by atoms with Crippen molar-refractivity contribution in [3.63, 3.8) is 0 Å². The molecule has 1 aliphatic carbocycles. The van der Waals surface area contributed by atoms with E-state index in [1.165, 1.54) is 0 Å². The van der Waals surface area contributed by atoms with E-state index >= 15 is 0 Å². The van der Waals surface area contributed by atoms with Crippen LogP contribution in [0.3, 0.4) is 0 Å². The largest absolute Gasteiger partial charge is 0.500 e. The van der Waals surface area contributed by atoms with Crippen molar-refractivity contribution in [1.29, 1.82) is 0 Å². The number of pyridine rings is 1. The van der Waals surface area contributed by atoms with Crippen LogP contribution in [-0.2, 0) is 9.31 Å². The Hall–Kier alpha value is -0.335. The minimum absolute atomic E-state index is 0.342. The van der Waals surface area contributed by atoms with Crippen molar-refractivity contribution >= 4 is 35.2 Å². The quantitative estimate of drug-likeness (QED) is 0.454. The molecule has 0 radical (unpaired) electrons. The summed E-state index contributed by atoms with van der Waals surface area (Å²) in [6.07, 6.45) is 4.40. The summed E-state index contributed by atoms with van der Waals surface area (Å²) in [7, 11) is -0.418. The summed E-state index contributed by atoms with van der Waals surface area (Å²) in [5, 5.41) is 0. The van der Waals surface area contributed by atoms with Gasteiger partial charge in [0.25, 0.3) is 0 Å². The second kappa shape index (κ2) is 4.85. The smallest absolute Gasteiger partial charge is 0.491 e. The Kier molecular flexibility index (Phi) is 3.54. The molecule has 4 nitrogen and oxygen atoms in total. The monoisotopic (exact) mass is 387 g/mol. The molecule has 1 aromatic heterocycles. The summed E-state index contributed by atoms with van der Waals surface area (Å²) >= 11 is 2.19. The van der Waals surface area contributed by atoms with Crippen LogP contribution in [0.1, 0.15) is 40.5 Å². The second-order valence-corrected chi connectivity index (χ2v) is 7.56. The van der Waals surface area contributed by atoms with Gasteiger partial charge in [0, 0.05) is 17.7 Å². The summed E-state index contributed by atoms with van der Waals surface area (Å²) in [6, 6.07) is 1.96. The first kappa shape index (κ1) is 14.6. The van der Waals surface area contributed by atoms with Crippen molar-refractivity contribution in [2.45, 2.75) is 57.8 Å². The minimum atomic E-state index is -0.418. The topological polar surface area (TPSA) is 40.6 Å². The summed E-state index contributed by atoms with van der Waals surface area (Å²) < 4.78 is 19.1. The lowest BCUT2D eigenvalue weighted by atomic mass is 9.79. The van der Waals surface area contributed by atoms with Crippen LogP contribution < -0.4 is 10.2 Å². The van der Waals surface area contributed by atoms with Crippen LogP contribution in [0.2, 0.25) is 0 Å². The third-order valence-electron chi connectivity index (χ3n) is 4.19. The van der Waals surface area contributed by atoms with Gasteiger partial charge in [0.1, 0.15) is 9.45 Å². The van der Waals surface area contributed by atoms with Crippen LogP contribution in [0.4, 0.5) is 0 Å². The zero-order chi connectivity index (χ0) is 14.5. The summed E-state index contributed by atoms with van der Waals surface area (Å²) in [5.74, 6) is 0.838. The molecule has 3 rings (SSSR count). The van der Waals surface area contributed by atoms with E-state index in [0.29, 0.717) is 6.10 Å². The van der Waals surface area contributed by atoms with Crippen molar-refractivity contribution in [2.24, 2.45) is 0 Å². The highest BCUT2D eigenvalue weighted by atomic mass is 127. The average Bonchev–Trinajstić information content (AvgIpc) is 3.07. The number of aromatic nitrogens is 1. The second-order valence-electron chi connectivity index (χ2n) is 6.45. The van der Waals surface area contributed by atoms with E-state index in [2.05, 4.69) is 55.3 Å². The van der Waals surface area contributed by atoms with Gasteiger partial charge < -0.3 is 14.0 Å². The van der Waals surface area contributed by atoms with Gasteiger partial charge in [-0.15, -0.1) is 0 Å². The molecule has 1 saturated carbocycles. The molecule has 0 unspecified atom stereocenters. The first-order valence-corrected chi connectivity index (χ1v) is 8.04. The Morgan fingerprint density at radius 1 is 1.25 bits per heavy atom. The molecule has 0 N–H and O–H groups in total. The van der Waals surface area contributed by atoms with Crippen LogP contribution in [0.5, 0.6) is 5.75 Å². The van der Waals surface area contributed by atoms with E-state index in [-0.39, 0.29) is 11.2 Å². The molecule has 0 spiro atoms. The maximum Gasteiger partial charge on any atom is 0.500 e. The molecule has 1 saturated heterocycles. The number of halogens is 1. The van der Waals surface area contributed by atoms with Crippen LogP contribution in [-0.4, -0.2) is 29.4 Å². The molecule has 2 aliphatic rings. The molecule has 108 valence electrons. The lowest BCUT2D eigenvalue weighted by molar-refractivity contribution is 0.00578. The van der Waals surface area contributed by atoms with Gasteiger partial charge in [-0.1, -0.05) is 0 Å². The molecular formula is C14H19BINO3. The number of rotatable bonds is 3. The molecule has 0 amide bonds. The first-order valence-electron chi connectivity index (χ1n) is 6.96. The Labute approximate surface area is 133 Å². The third-order valence-corrected chi connectivity index (χ3v) is 4.78. The van der Waals surface area contributed by atoms with Crippen LogP contribution in [0, 0.1) is 3.70 Å². The zero-order valence-corrected chi connectivity index (χ0v) is 14.4. The Morgan fingerprint density at radius 3 is 2.40 bits per heavy atom. The van der Waals surface area contributed by atoms with Crippen molar-refractivity contribution in [3.05, 3.63) is 16.0 Å². The maximum absolute atomic E-state index is 6.09. The highest BCUT2D eigenvalue weighted by molar-refractivity contribution is 14.1. The van der Waals surface area contributed by atoms with Crippen LogP contribution >= 0.6 is 22.6 Å². The molecule has 1 aromatic rings. The number of hydrogen-bond acceptors (Lipinski definition) is 4. The van der Waals surface area contributed by atoms with E-state index in [1.54, 1.807) is 0 Å². The van der Waals surface area contributed by atoms with E-state index in [4.69, 9.17) is 14.0 Å².